The smallest absolute Gasteiger partial charge is 0.406 e. The number of hydrogen-bond acceptors (Lipinski definition) is 3. The zero-order valence-electron chi connectivity index (χ0n) is 11.8. The number of carbonyl (C=O) groups excluding carboxylic acids is 1. The molecule has 0 unspecified atom stereocenters. The SMILES string of the molecule is COC(=O)NCCc1cnc(C2CCCCC2)n1C. The topological polar surface area (TPSA) is 56.1 Å². The number of hydrogen-bond donors (Lipinski definition) is 1. The maximum atomic E-state index is 11.0. The highest BCUT2D eigenvalue weighted by atomic mass is 16.5. The zero-order chi connectivity index (χ0) is 13.7. The van der Waals surface area contributed by atoms with Crippen molar-refractivity contribution in [2.75, 3.05) is 13.7 Å². The van der Waals surface area contributed by atoms with Gasteiger partial charge >= 0.3 is 6.09 Å². The van der Waals surface area contributed by atoms with Gasteiger partial charge in [0.15, 0.2) is 0 Å². The van der Waals surface area contributed by atoms with Crippen molar-refractivity contribution < 1.29 is 9.53 Å². The number of methoxy groups -OCH3 is 1. The van der Waals surface area contributed by atoms with Crippen LogP contribution in [0, 0.1) is 0 Å². The number of nitrogens with one attached hydrogen (secondary N) is 1. The standard InChI is InChI=1S/C14H23N3O2/c1-17-12(8-9-15-14(18)19-2)10-16-13(17)11-6-4-3-5-7-11/h10-11H,3-9H2,1-2H3,(H,15,18). The van der Waals surface area contributed by atoms with Gasteiger partial charge in [0.25, 0.3) is 0 Å². The maximum Gasteiger partial charge on any atom is 0.406 e. The molecule has 1 N–H and O–H groups in total. The predicted octanol–water partition coefficient (Wildman–Crippen LogP) is 2.37. The number of amides is 1. The average Bonchev–Trinajstić information content (AvgIpc) is 2.81. The van der Waals surface area contributed by atoms with E-state index in [4.69, 9.17) is 0 Å². The van der Waals surface area contributed by atoms with Crippen LogP contribution >= 0.6 is 0 Å². The Morgan fingerprint density at radius 1 is 1.47 bits per heavy atom. The molecule has 1 amide bonds. The molecule has 1 aromatic heterocycles. The van der Waals surface area contributed by atoms with Crippen molar-refractivity contribution in [1.29, 1.82) is 0 Å². The Bertz CT molecular complexity index is 422. The molecule has 5 heteroatoms. The molecule has 5 nitrogen and oxygen atoms in total. The van der Waals surface area contributed by atoms with E-state index in [2.05, 4.69) is 26.7 Å². The first kappa shape index (κ1) is 13.9. The van der Waals surface area contributed by atoms with Gasteiger partial charge in [0.05, 0.1) is 7.11 Å². The van der Waals surface area contributed by atoms with E-state index in [0.717, 1.165) is 12.1 Å². The van der Waals surface area contributed by atoms with Crippen LogP contribution in [-0.4, -0.2) is 29.3 Å². The Balaban J connectivity index is 1.92. The molecule has 1 fully saturated rings. The number of carbonyl (C=O) groups is 1. The van der Waals surface area contributed by atoms with Gasteiger partial charge in [0, 0.05) is 37.8 Å². The van der Waals surface area contributed by atoms with Crippen molar-refractivity contribution in [2.45, 2.75) is 44.4 Å². The summed E-state index contributed by atoms with van der Waals surface area (Å²) in [7, 11) is 3.45. The molecule has 19 heavy (non-hydrogen) atoms. The van der Waals surface area contributed by atoms with Gasteiger partial charge in [-0.15, -0.1) is 0 Å². The van der Waals surface area contributed by atoms with Crippen LogP contribution in [0.15, 0.2) is 6.20 Å². The summed E-state index contributed by atoms with van der Waals surface area (Å²) in [6, 6.07) is 0. The Morgan fingerprint density at radius 2 is 2.21 bits per heavy atom. The van der Waals surface area contributed by atoms with Crippen molar-refractivity contribution in [3.63, 3.8) is 0 Å². The van der Waals surface area contributed by atoms with Crippen molar-refractivity contribution >= 4 is 6.09 Å². The molecule has 1 aliphatic carbocycles. The van der Waals surface area contributed by atoms with E-state index in [1.54, 1.807) is 0 Å². The summed E-state index contributed by atoms with van der Waals surface area (Å²) in [6.07, 6.45) is 8.84. The summed E-state index contributed by atoms with van der Waals surface area (Å²) >= 11 is 0. The molecule has 106 valence electrons. The number of alkyl carbamates (subject to hydrolysis) is 1. The normalized spacial score (nSPS) is 16.3. The van der Waals surface area contributed by atoms with Crippen molar-refractivity contribution in [3.8, 4) is 0 Å². The fourth-order valence-corrected chi connectivity index (χ4v) is 2.80. The summed E-state index contributed by atoms with van der Waals surface area (Å²) < 4.78 is 6.74. The quantitative estimate of drug-likeness (QED) is 0.909. The Hall–Kier alpha value is -1.52. The Kier molecular flexibility index (Phi) is 4.82. The third kappa shape index (κ3) is 3.49. The second-order valence-corrected chi connectivity index (χ2v) is 5.17. The second-order valence-electron chi connectivity index (χ2n) is 5.17. The van der Waals surface area contributed by atoms with E-state index in [9.17, 15) is 4.79 Å². The first-order chi connectivity index (χ1) is 9.22. The highest BCUT2D eigenvalue weighted by Gasteiger charge is 2.20. The molecular formula is C14H23N3O2. The summed E-state index contributed by atoms with van der Waals surface area (Å²) in [6.45, 7) is 0.580. The highest BCUT2D eigenvalue weighted by molar-refractivity contribution is 5.66. The summed E-state index contributed by atoms with van der Waals surface area (Å²) in [5.41, 5.74) is 1.16. The van der Waals surface area contributed by atoms with Crippen LogP contribution in [0.1, 0.15) is 49.5 Å². The monoisotopic (exact) mass is 265 g/mol. The highest BCUT2D eigenvalue weighted by Crippen LogP contribution is 2.31. The van der Waals surface area contributed by atoms with Gasteiger partial charge in [-0.25, -0.2) is 9.78 Å². The fourth-order valence-electron chi connectivity index (χ4n) is 2.80. The van der Waals surface area contributed by atoms with Gasteiger partial charge in [-0.05, 0) is 12.8 Å². The minimum Gasteiger partial charge on any atom is -0.453 e. The van der Waals surface area contributed by atoms with Crippen LogP contribution in [0.4, 0.5) is 4.79 Å². The van der Waals surface area contributed by atoms with Crippen LogP contribution in [0.2, 0.25) is 0 Å². The van der Waals surface area contributed by atoms with E-state index in [1.807, 2.05) is 6.20 Å². The molecule has 1 aliphatic rings. The third-order valence-electron chi connectivity index (χ3n) is 3.93. The Labute approximate surface area is 114 Å². The number of aromatic nitrogens is 2. The predicted molar refractivity (Wildman–Crippen MR) is 73.1 cm³/mol. The van der Waals surface area contributed by atoms with Crippen LogP contribution in [0.5, 0.6) is 0 Å². The van der Waals surface area contributed by atoms with Crippen LogP contribution < -0.4 is 5.32 Å². The Morgan fingerprint density at radius 3 is 2.89 bits per heavy atom. The molecular weight excluding hydrogens is 242 g/mol. The summed E-state index contributed by atoms with van der Waals surface area (Å²) in [5, 5.41) is 2.69. The second kappa shape index (κ2) is 6.59. The molecule has 0 spiro atoms. The van der Waals surface area contributed by atoms with Crippen LogP contribution in [0.25, 0.3) is 0 Å². The molecule has 0 aromatic carbocycles. The molecule has 1 heterocycles. The van der Waals surface area contributed by atoms with Gasteiger partial charge in [0.1, 0.15) is 5.82 Å². The number of ether oxygens (including phenoxy) is 1. The number of imidazole rings is 1. The molecule has 2 rings (SSSR count). The lowest BCUT2D eigenvalue weighted by Gasteiger charge is -2.21. The summed E-state index contributed by atoms with van der Waals surface area (Å²) in [4.78, 5) is 15.6. The minimum atomic E-state index is -0.380. The third-order valence-corrected chi connectivity index (χ3v) is 3.93. The van der Waals surface area contributed by atoms with E-state index in [0.29, 0.717) is 12.5 Å². The average molecular weight is 265 g/mol. The van der Waals surface area contributed by atoms with E-state index in [1.165, 1.54) is 45.0 Å². The number of rotatable bonds is 4. The molecule has 0 atom stereocenters. The van der Waals surface area contributed by atoms with Gasteiger partial charge in [-0.1, -0.05) is 19.3 Å². The molecule has 1 aromatic rings. The maximum absolute atomic E-state index is 11.0. The van der Waals surface area contributed by atoms with E-state index >= 15 is 0 Å². The van der Waals surface area contributed by atoms with E-state index < -0.39 is 0 Å². The van der Waals surface area contributed by atoms with Crippen LogP contribution in [-0.2, 0) is 18.2 Å². The van der Waals surface area contributed by atoms with Gasteiger partial charge < -0.3 is 14.6 Å². The van der Waals surface area contributed by atoms with Crippen molar-refractivity contribution in [1.82, 2.24) is 14.9 Å². The molecule has 0 radical (unpaired) electrons. The van der Waals surface area contributed by atoms with Gasteiger partial charge in [-0.3, -0.25) is 0 Å². The molecule has 0 saturated heterocycles. The number of nitrogens with zero attached hydrogens (tertiary/aromatic N) is 2. The minimum absolute atomic E-state index is 0.380. The first-order valence-electron chi connectivity index (χ1n) is 7.04. The van der Waals surface area contributed by atoms with Crippen molar-refractivity contribution in [3.05, 3.63) is 17.7 Å². The zero-order valence-corrected chi connectivity index (χ0v) is 11.8. The van der Waals surface area contributed by atoms with Crippen molar-refractivity contribution in [2.24, 2.45) is 7.05 Å². The molecule has 1 saturated carbocycles. The lowest BCUT2D eigenvalue weighted by Crippen LogP contribution is -2.25. The van der Waals surface area contributed by atoms with Gasteiger partial charge in [0.2, 0.25) is 0 Å². The molecule has 0 aliphatic heterocycles. The molecule has 0 bridgehead atoms. The van der Waals surface area contributed by atoms with Gasteiger partial charge in [-0.2, -0.15) is 0 Å². The fraction of sp³-hybridized carbons (Fsp3) is 0.714. The largest absolute Gasteiger partial charge is 0.453 e. The lowest BCUT2D eigenvalue weighted by atomic mass is 9.89. The lowest BCUT2D eigenvalue weighted by molar-refractivity contribution is 0.171. The first-order valence-corrected chi connectivity index (χ1v) is 7.04. The van der Waals surface area contributed by atoms with E-state index in [-0.39, 0.29) is 6.09 Å². The summed E-state index contributed by atoms with van der Waals surface area (Å²) in [5.74, 6) is 1.81. The van der Waals surface area contributed by atoms with Crippen LogP contribution in [0.3, 0.4) is 0 Å².